The van der Waals surface area contributed by atoms with Gasteiger partial charge in [-0.2, -0.15) is 0 Å². The molecule has 0 fully saturated rings. The van der Waals surface area contributed by atoms with Crippen LogP contribution in [-0.4, -0.2) is 5.92 Å². The van der Waals surface area contributed by atoms with E-state index in [1.165, 1.54) is 44.5 Å². The maximum atomic E-state index is 2.67. The van der Waals surface area contributed by atoms with Gasteiger partial charge in [-0.3, -0.25) is 0 Å². The summed E-state index contributed by atoms with van der Waals surface area (Å²) in [6.07, 6.45) is 5.17. The van der Waals surface area contributed by atoms with Gasteiger partial charge in [0.2, 0.25) is 0 Å². The number of allylic oxidation sites excluding steroid dienone is 2. The minimum absolute atomic E-state index is 0.587. The van der Waals surface area contributed by atoms with Crippen LogP contribution in [-0.2, 0) is 20.9 Å². The molecule has 4 aromatic rings. The van der Waals surface area contributed by atoms with Crippen LogP contribution in [0.5, 0.6) is 0 Å². The van der Waals surface area contributed by atoms with Gasteiger partial charge in [0.25, 0.3) is 0 Å². The van der Waals surface area contributed by atoms with Crippen molar-refractivity contribution in [3.63, 3.8) is 0 Å². The first-order valence-corrected chi connectivity index (χ1v) is 24.0. The average Bonchev–Trinajstić information content (AvgIpc) is 3.52. The Morgan fingerprint density at radius 3 is 1.24 bits per heavy atom. The van der Waals surface area contributed by atoms with Crippen molar-refractivity contribution in [1.82, 2.24) is 0 Å². The van der Waals surface area contributed by atoms with Crippen LogP contribution < -0.4 is 0 Å². The number of fused-ring (bicyclic) bond motifs is 2. The molecule has 0 aliphatic heterocycles. The van der Waals surface area contributed by atoms with Crippen molar-refractivity contribution in [3.8, 4) is 0 Å². The fourth-order valence-electron chi connectivity index (χ4n) is 6.93. The molecule has 0 radical (unpaired) electrons. The third-order valence-corrected chi connectivity index (χ3v) is 30.1. The quantitative estimate of drug-likeness (QED) is 0.204. The molecule has 0 heterocycles. The van der Waals surface area contributed by atoms with Crippen molar-refractivity contribution in [3.05, 3.63) is 141 Å². The Hall–Kier alpha value is -2.54. The predicted octanol–water partition coefficient (Wildman–Crippen LogP) is 9.41. The van der Waals surface area contributed by atoms with Gasteiger partial charge in [-0.15, -0.1) is 0 Å². The normalized spacial score (nSPS) is 17.8. The van der Waals surface area contributed by atoms with E-state index in [1.54, 1.807) is 22.3 Å². The van der Waals surface area contributed by atoms with Crippen LogP contribution in [0.25, 0.3) is 23.3 Å². The first-order valence-electron chi connectivity index (χ1n) is 14.0. The fourth-order valence-corrected chi connectivity index (χ4v) is 29.5. The second kappa shape index (κ2) is 10.2. The summed E-state index contributed by atoms with van der Waals surface area (Å²) < 4.78 is 1.17. The van der Waals surface area contributed by atoms with Crippen LogP contribution in [0, 0.1) is 27.7 Å². The van der Waals surface area contributed by atoms with Crippen molar-refractivity contribution < 1.29 is 20.9 Å². The molecule has 2 aliphatic carbocycles. The molecule has 0 amide bonds. The maximum absolute atomic E-state index is 2.67. The van der Waals surface area contributed by atoms with Crippen molar-refractivity contribution in [2.24, 2.45) is 0 Å². The summed E-state index contributed by atoms with van der Waals surface area (Å²) in [4.78, 5) is 0. The Bertz CT molecular complexity index is 1460. The van der Waals surface area contributed by atoms with Gasteiger partial charge in [0.15, 0.2) is 0 Å². The van der Waals surface area contributed by atoms with Crippen LogP contribution in [0.3, 0.4) is 0 Å². The number of aryl methyl sites for hydroxylation is 4. The van der Waals surface area contributed by atoms with Crippen LogP contribution in [0.2, 0.25) is 13.1 Å². The molecule has 0 N–H and O–H groups in total. The number of hydrogen-bond donors (Lipinski definition) is 0. The Kier molecular flexibility index (Phi) is 6.91. The topological polar surface area (TPSA) is 0 Å². The van der Waals surface area contributed by atoms with Crippen molar-refractivity contribution in [2.75, 3.05) is 0 Å². The molecule has 0 bridgehead atoms. The molecule has 0 aromatic heterocycles. The molecule has 0 saturated carbocycles. The van der Waals surface area contributed by atoms with E-state index >= 15 is 0 Å². The van der Waals surface area contributed by atoms with E-state index in [9.17, 15) is 0 Å². The third kappa shape index (κ3) is 4.21. The molecule has 2 heteroatoms. The fraction of sp³-hybridized carbons (Fsp3) is 0.222. The van der Waals surface area contributed by atoms with Gasteiger partial charge in [-0.1, -0.05) is 0 Å². The Morgan fingerprint density at radius 1 is 0.500 bits per heavy atom. The number of rotatable bonds is 5. The van der Waals surface area contributed by atoms with E-state index < -0.39 is 26.8 Å². The van der Waals surface area contributed by atoms with Gasteiger partial charge in [-0.25, -0.2) is 0 Å². The zero-order valence-electron chi connectivity index (χ0n) is 23.5. The summed E-state index contributed by atoms with van der Waals surface area (Å²) in [5.41, 5.74) is 18.2. The van der Waals surface area contributed by atoms with Crippen LogP contribution in [0.4, 0.5) is 0 Å². The third-order valence-electron chi connectivity index (χ3n) is 8.79. The van der Waals surface area contributed by atoms with Crippen molar-refractivity contribution in [1.29, 1.82) is 0 Å². The van der Waals surface area contributed by atoms with Gasteiger partial charge >= 0.3 is 239 Å². The second-order valence-electron chi connectivity index (χ2n) is 11.5. The molecule has 4 aromatic carbocycles. The summed E-state index contributed by atoms with van der Waals surface area (Å²) in [5.74, 6) is -0.991. The van der Waals surface area contributed by atoms with E-state index in [4.69, 9.17) is 0 Å². The van der Waals surface area contributed by atoms with E-state index in [-0.39, 0.29) is 0 Å². The summed E-state index contributed by atoms with van der Waals surface area (Å²) in [5, 5.41) is 0. The summed E-state index contributed by atoms with van der Waals surface area (Å²) in [7, 11) is 0. The molecular formula is C36H37SiZr. The second-order valence-corrected chi connectivity index (χ2v) is 31.6. The minimum atomic E-state index is -2.26. The van der Waals surface area contributed by atoms with Crippen LogP contribution >= 0.6 is 0 Å². The molecule has 38 heavy (non-hydrogen) atoms. The molecule has 2 unspecified atom stereocenters. The van der Waals surface area contributed by atoms with Gasteiger partial charge in [-0.05, 0) is 0 Å². The number of benzene rings is 4. The van der Waals surface area contributed by atoms with Gasteiger partial charge in [0, 0.05) is 0 Å². The summed E-state index contributed by atoms with van der Waals surface area (Å²) >= 11 is -2.26. The predicted molar refractivity (Wildman–Crippen MR) is 165 cm³/mol. The van der Waals surface area contributed by atoms with Gasteiger partial charge in [0.05, 0.1) is 0 Å². The first-order chi connectivity index (χ1) is 18.4. The molecule has 0 nitrogen and oxygen atoms in total. The SMILES string of the molecule is Cc1ccc(C)c2c1C=C(c1ccccc1)[CH]2[Zr]([CH]1C(c2ccccc2)=Cc2c(C)ccc(C)c21)[SiH](C)C. The zero-order valence-corrected chi connectivity index (χ0v) is 27.1. The molecule has 0 saturated heterocycles. The molecule has 2 aliphatic rings. The molecule has 6 rings (SSSR count). The van der Waals surface area contributed by atoms with E-state index in [2.05, 4.69) is 138 Å². The van der Waals surface area contributed by atoms with Gasteiger partial charge in [0.1, 0.15) is 0 Å². The van der Waals surface area contributed by atoms with Crippen LogP contribution in [0.1, 0.15) is 62.9 Å². The van der Waals surface area contributed by atoms with E-state index in [0.717, 1.165) is 0 Å². The Labute approximate surface area is 237 Å². The summed E-state index contributed by atoms with van der Waals surface area (Å²) in [6.45, 7) is 14.7. The van der Waals surface area contributed by atoms with E-state index in [0.29, 0.717) is 7.25 Å². The molecule has 0 spiro atoms. The zero-order chi connectivity index (χ0) is 26.6. The van der Waals surface area contributed by atoms with Gasteiger partial charge < -0.3 is 0 Å². The molecule has 189 valence electrons. The number of hydrogen-bond acceptors (Lipinski definition) is 0. The standard InChI is InChI=1S/2C17H15.C2H7Si.Zr/c2*1-12-8-9-13(2)17-11-15(10-16(12)17)14-6-4-3-5-7-14;1-3-2;/h2*3-11H,1-2H3;3H,1-2H3;. The average molecular weight is 589 g/mol. The molecule has 2 atom stereocenters. The van der Waals surface area contributed by atoms with Crippen molar-refractivity contribution in [2.45, 2.75) is 48.0 Å². The van der Waals surface area contributed by atoms with E-state index in [1.807, 2.05) is 0 Å². The Balaban J connectivity index is 1.63. The van der Waals surface area contributed by atoms with Crippen molar-refractivity contribution >= 4 is 29.2 Å². The molecular weight excluding hydrogens is 552 g/mol. The summed E-state index contributed by atoms with van der Waals surface area (Å²) in [6, 6.07) is 32.0. The van der Waals surface area contributed by atoms with Crippen LogP contribution in [0.15, 0.2) is 84.9 Å². The monoisotopic (exact) mass is 587 g/mol. The Morgan fingerprint density at radius 2 is 0.868 bits per heavy atom. The first kappa shape index (κ1) is 25.7.